The van der Waals surface area contributed by atoms with Gasteiger partial charge in [-0.15, -0.1) is 0 Å². The monoisotopic (exact) mass is 338 g/mol. The Balaban J connectivity index is 0. The molecule has 138 valence electrons. The molecule has 1 unspecified atom stereocenters. The minimum Gasteiger partial charge on any atom is -0.400 e. The molecule has 5 heteroatoms. The Morgan fingerprint density at radius 2 is 1.79 bits per heavy atom. The molecule has 1 rings (SSSR count). The quantitative estimate of drug-likeness (QED) is 0.434. The molecule has 0 saturated heterocycles. The van der Waals surface area contributed by atoms with Crippen molar-refractivity contribution in [1.29, 1.82) is 0 Å². The maximum atomic E-state index is 10.9. The molecule has 0 aliphatic heterocycles. The number of likely N-dealkylation sites (N-methyl/N-ethyl adjacent to an activating group) is 1. The van der Waals surface area contributed by atoms with Crippen molar-refractivity contribution < 1.29 is 14.7 Å². The second kappa shape index (κ2) is 16.1. The normalized spacial score (nSPS) is 11.6. The molecule has 0 heterocycles. The third-order valence-electron chi connectivity index (χ3n) is 2.86. The van der Waals surface area contributed by atoms with Gasteiger partial charge >= 0.3 is 0 Å². The van der Waals surface area contributed by atoms with Crippen LogP contribution in [-0.2, 0) is 16.1 Å². The molecule has 0 spiro atoms. The largest absolute Gasteiger partial charge is 0.400 e. The van der Waals surface area contributed by atoms with Crippen LogP contribution in [0.15, 0.2) is 29.4 Å². The number of hydrogen-bond acceptors (Lipinski definition) is 5. The van der Waals surface area contributed by atoms with Crippen LogP contribution < -0.4 is 5.32 Å². The van der Waals surface area contributed by atoms with Gasteiger partial charge in [0.25, 0.3) is 0 Å². The number of nitrogens with one attached hydrogen (secondary N) is 1. The van der Waals surface area contributed by atoms with Gasteiger partial charge in [-0.2, -0.15) is 0 Å². The second-order valence-electron chi connectivity index (χ2n) is 5.03. The third-order valence-corrected chi connectivity index (χ3v) is 2.86. The predicted molar refractivity (Wildman–Crippen MR) is 102 cm³/mol. The van der Waals surface area contributed by atoms with Crippen LogP contribution in [-0.4, -0.2) is 42.9 Å². The smallest absolute Gasteiger partial charge is 0.137 e. The van der Waals surface area contributed by atoms with Crippen LogP contribution in [0, 0.1) is 0 Å². The molecule has 0 aliphatic carbocycles. The summed E-state index contributed by atoms with van der Waals surface area (Å²) in [6.45, 7) is 12.6. The Kier molecular flexibility index (Phi) is 16.5. The molecule has 0 bridgehead atoms. The summed E-state index contributed by atoms with van der Waals surface area (Å²) in [5.41, 5.74) is 3.01. The molecule has 0 aromatic heterocycles. The van der Waals surface area contributed by atoms with Crippen molar-refractivity contribution in [2.75, 3.05) is 13.7 Å². The van der Waals surface area contributed by atoms with Crippen molar-refractivity contribution in [2.24, 2.45) is 5.16 Å². The summed E-state index contributed by atoms with van der Waals surface area (Å²) in [5, 5.41) is 14.2. The highest BCUT2D eigenvalue weighted by atomic mass is 16.6. The van der Waals surface area contributed by atoms with Gasteiger partial charge < -0.3 is 20.1 Å². The molecular weight excluding hydrogens is 304 g/mol. The Morgan fingerprint density at radius 1 is 1.25 bits per heavy atom. The number of carbonyl (C=O) groups is 1. The summed E-state index contributed by atoms with van der Waals surface area (Å²) in [6.07, 6.45) is 1.74. The average Bonchev–Trinajstić information content (AvgIpc) is 2.63. The first-order valence-electron chi connectivity index (χ1n) is 8.50. The van der Waals surface area contributed by atoms with E-state index in [0.717, 1.165) is 36.8 Å². The van der Waals surface area contributed by atoms with Gasteiger partial charge in [0.1, 0.15) is 12.4 Å². The van der Waals surface area contributed by atoms with E-state index < -0.39 is 0 Å². The van der Waals surface area contributed by atoms with Gasteiger partial charge in [0.15, 0.2) is 0 Å². The molecule has 1 aromatic carbocycles. The van der Waals surface area contributed by atoms with Gasteiger partial charge in [-0.25, -0.2) is 0 Å². The first-order valence-corrected chi connectivity index (χ1v) is 8.50. The molecule has 5 nitrogen and oxygen atoms in total. The van der Waals surface area contributed by atoms with Gasteiger partial charge in [-0.1, -0.05) is 50.2 Å². The molecule has 2 N–H and O–H groups in total. The zero-order valence-electron chi connectivity index (χ0n) is 16.2. The van der Waals surface area contributed by atoms with Crippen LogP contribution in [0.1, 0.15) is 52.7 Å². The third kappa shape index (κ3) is 10.9. The summed E-state index contributed by atoms with van der Waals surface area (Å²) in [4.78, 5) is 16.2. The standard InChI is InChI=1S/C16H24N2O2.C2H6.CH4O/c1-5-17-16(11-19)10-14-6-8-15(9-7-14)13(4)18-20-12(2)3;2*1-2/h6-9,11-12,16-17H,5,10H2,1-4H3;1-2H3;2H,1H3/b18-13-;;. The van der Waals surface area contributed by atoms with Crippen molar-refractivity contribution in [1.82, 2.24) is 5.32 Å². The highest BCUT2D eigenvalue weighted by Gasteiger charge is 2.07. The van der Waals surface area contributed by atoms with Crippen LogP contribution in [0.2, 0.25) is 0 Å². The first kappa shape index (κ1) is 24.5. The number of aliphatic hydroxyl groups excluding tert-OH is 1. The Bertz CT molecular complexity index is 442. The summed E-state index contributed by atoms with van der Waals surface area (Å²) in [5.74, 6) is 0. The Labute approximate surface area is 147 Å². The molecule has 1 aromatic rings. The molecule has 0 amide bonds. The number of benzene rings is 1. The van der Waals surface area contributed by atoms with Crippen molar-refractivity contribution in [3.05, 3.63) is 35.4 Å². The Morgan fingerprint density at radius 3 is 2.21 bits per heavy atom. The molecular formula is C19H34N2O3. The fraction of sp³-hybridized carbons (Fsp3) is 0.579. The van der Waals surface area contributed by atoms with E-state index >= 15 is 0 Å². The van der Waals surface area contributed by atoms with E-state index in [1.165, 1.54) is 0 Å². The van der Waals surface area contributed by atoms with Crippen molar-refractivity contribution >= 4 is 12.0 Å². The number of carbonyl (C=O) groups excluding carboxylic acids is 1. The number of oxime groups is 1. The van der Waals surface area contributed by atoms with Gasteiger partial charge in [0.2, 0.25) is 0 Å². The summed E-state index contributed by atoms with van der Waals surface area (Å²) in [6, 6.07) is 7.94. The lowest BCUT2D eigenvalue weighted by Crippen LogP contribution is -2.32. The van der Waals surface area contributed by atoms with E-state index in [4.69, 9.17) is 9.94 Å². The Hall–Kier alpha value is -1.72. The lowest BCUT2D eigenvalue weighted by molar-refractivity contribution is -0.109. The molecule has 0 saturated carbocycles. The predicted octanol–water partition coefficient (Wildman–Crippen LogP) is 3.19. The highest BCUT2D eigenvalue weighted by Crippen LogP contribution is 2.08. The minimum atomic E-state index is -0.120. The van der Waals surface area contributed by atoms with Crippen LogP contribution >= 0.6 is 0 Å². The molecule has 0 aliphatic rings. The topological polar surface area (TPSA) is 70.9 Å². The highest BCUT2D eigenvalue weighted by molar-refractivity contribution is 5.98. The molecule has 24 heavy (non-hydrogen) atoms. The van der Waals surface area contributed by atoms with Crippen molar-refractivity contribution in [3.63, 3.8) is 0 Å². The van der Waals surface area contributed by atoms with Crippen LogP contribution in [0.5, 0.6) is 0 Å². The van der Waals surface area contributed by atoms with E-state index in [0.29, 0.717) is 6.42 Å². The maximum absolute atomic E-state index is 10.9. The van der Waals surface area contributed by atoms with Crippen molar-refractivity contribution in [2.45, 2.75) is 60.1 Å². The van der Waals surface area contributed by atoms with E-state index in [2.05, 4.69) is 10.5 Å². The summed E-state index contributed by atoms with van der Waals surface area (Å²) >= 11 is 0. The number of rotatable bonds is 8. The van der Waals surface area contributed by atoms with Gasteiger partial charge in [0, 0.05) is 7.11 Å². The second-order valence-corrected chi connectivity index (χ2v) is 5.03. The maximum Gasteiger partial charge on any atom is 0.137 e. The van der Waals surface area contributed by atoms with Gasteiger partial charge in [0.05, 0.1) is 11.8 Å². The molecule has 0 radical (unpaired) electrons. The van der Waals surface area contributed by atoms with Gasteiger partial charge in [-0.05, 0) is 44.9 Å². The summed E-state index contributed by atoms with van der Waals surface area (Å²) < 4.78 is 0. The fourth-order valence-electron chi connectivity index (χ4n) is 1.80. The van der Waals surface area contributed by atoms with E-state index in [1.807, 2.05) is 65.8 Å². The molecule has 0 fully saturated rings. The lowest BCUT2D eigenvalue weighted by Gasteiger charge is -2.11. The van der Waals surface area contributed by atoms with Crippen molar-refractivity contribution in [3.8, 4) is 0 Å². The van der Waals surface area contributed by atoms with E-state index in [1.54, 1.807) is 0 Å². The van der Waals surface area contributed by atoms with E-state index in [9.17, 15) is 4.79 Å². The van der Waals surface area contributed by atoms with Crippen LogP contribution in [0.4, 0.5) is 0 Å². The number of nitrogens with zero attached hydrogens (tertiary/aromatic N) is 1. The number of aldehydes is 1. The lowest BCUT2D eigenvalue weighted by atomic mass is 10.0. The minimum absolute atomic E-state index is 0.0812. The van der Waals surface area contributed by atoms with E-state index in [-0.39, 0.29) is 12.1 Å². The number of aliphatic hydroxyl groups is 1. The molecule has 1 atom stereocenters. The average molecular weight is 338 g/mol. The van der Waals surface area contributed by atoms with Crippen LogP contribution in [0.3, 0.4) is 0 Å². The SMILES string of the molecule is CC.CCNC(C=O)Cc1ccc(/C(C)=N\OC(C)C)cc1.CO. The number of hydrogen-bond donors (Lipinski definition) is 2. The zero-order valence-corrected chi connectivity index (χ0v) is 16.2. The zero-order chi connectivity index (χ0) is 19.0. The first-order chi connectivity index (χ1) is 11.6. The van der Waals surface area contributed by atoms with Gasteiger partial charge in [-0.3, -0.25) is 0 Å². The van der Waals surface area contributed by atoms with Crippen LogP contribution in [0.25, 0.3) is 0 Å². The summed E-state index contributed by atoms with van der Waals surface area (Å²) in [7, 11) is 1.00. The fourth-order valence-corrected chi connectivity index (χ4v) is 1.80.